The van der Waals surface area contributed by atoms with E-state index in [1.165, 1.54) is 0 Å². The second-order valence-electron chi connectivity index (χ2n) is 7.87. The molecule has 174 valence electrons. The second kappa shape index (κ2) is 10.1. The fourth-order valence-electron chi connectivity index (χ4n) is 3.69. The number of amides is 2. The summed E-state index contributed by atoms with van der Waals surface area (Å²) >= 11 is 0. The number of aromatic nitrogens is 2. The summed E-state index contributed by atoms with van der Waals surface area (Å²) < 4.78 is 6.98. The predicted molar refractivity (Wildman–Crippen MR) is 131 cm³/mol. The van der Waals surface area contributed by atoms with Crippen molar-refractivity contribution < 1.29 is 14.3 Å². The molecule has 0 aliphatic carbocycles. The molecule has 2 amide bonds. The first kappa shape index (κ1) is 22.8. The number of hydrogen-bond acceptors (Lipinski definition) is 4. The topological polar surface area (TPSA) is 105 Å². The SMILES string of the molecule is CCNC(=O)COc1ccc(CNC(=O)c2ccc(-c3cn(C)c(=O)c4[nH]ccc34)cc2)cc1. The van der Waals surface area contributed by atoms with Gasteiger partial charge in [0.2, 0.25) is 0 Å². The number of nitrogens with one attached hydrogen (secondary N) is 3. The molecule has 3 N–H and O–H groups in total. The molecule has 0 aliphatic heterocycles. The Morgan fingerprint density at radius 2 is 1.74 bits per heavy atom. The van der Waals surface area contributed by atoms with Crippen molar-refractivity contribution in [1.29, 1.82) is 0 Å². The van der Waals surface area contributed by atoms with Crippen LogP contribution in [0.5, 0.6) is 5.75 Å². The van der Waals surface area contributed by atoms with Gasteiger partial charge >= 0.3 is 0 Å². The number of H-pyrrole nitrogens is 1. The number of likely N-dealkylation sites (N-methyl/N-ethyl adjacent to an activating group) is 1. The highest BCUT2D eigenvalue weighted by molar-refractivity contribution is 5.97. The number of rotatable bonds is 8. The van der Waals surface area contributed by atoms with E-state index in [4.69, 9.17) is 4.74 Å². The van der Waals surface area contributed by atoms with Gasteiger partial charge in [0.1, 0.15) is 11.3 Å². The van der Waals surface area contributed by atoms with Gasteiger partial charge in [-0.3, -0.25) is 14.4 Å². The van der Waals surface area contributed by atoms with Crippen molar-refractivity contribution >= 4 is 22.7 Å². The average Bonchev–Trinajstić information content (AvgIpc) is 3.35. The van der Waals surface area contributed by atoms with Gasteiger partial charge in [-0.25, -0.2) is 0 Å². The van der Waals surface area contributed by atoms with Crippen LogP contribution in [0.15, 0.2) is 71.8 Å². The van der Waals surface area contributed by atoms with Crippen LogP contribution in [-0.4, -0.2) is 34.5 Å². The van der Waals surface area contributed by atoms with Gasteiger partial charge in [-0.05, 0) is 48.4 Å². The molecule has 2 heterocycles. The molecular weight excluding hydrogens is 432 g/mol. The molecule has 2 aromatic heterocycles. The third-order valence-corrected chi connectivity index (χ3v) is 5.47. The van der Waals surface area contributed by atoms with Crippen LogP contribution >= 0.6 is 0 Å². The van der Waals surface area contributed by atoms with Gasteiger partial charge in [-0.15, -0.1) is 0 Å². The van der Waals surface area contributed by atoms with Crippen molar-refractivity contribution in [1.82, 2.24) is 20.2 Å². The predicted octanol–water partition coefficient (Wildman–Crippen LogP) is 2.98. The molecule has 34 heavy (non-hydrogen) atoms. The van der Waals surface area contributed by atoms with E-state index >= 15 is 0 Å². The van der Waals surface area contributed by atoms with Gasteiger partial charge in [0.05, 0.1) is 0 Å². The van der Waals surface area contributed by atoms with Crippen molar-refractivity contribution in [3.63, 3.8) is 0 Å². The van der Waals surface area contributed by atoms with E-state index < -0.39 is 0 Å². The number of hydrogen-bond donors (Lipinski definition) is 3. The smallest absolute Gasteiger partial charge is 0.274 e. The Hall–Kier alpha value is -4.33. The summed E-state index contributed by atoms with van der Waals surface area (Å²) in [6.07, 6.45) is 3.55. The highest BCUT2D eigenvalue weighted by atomic mass is 16.5. The minimum absolute atomic E-state index is 0.0329. The molecule has 0 saturated carbocycles. The molecule has 0 radical (unpaired) electrons. The van der Waals surface area contributed by atoms with Crippen molar-refractivity contribution in [3.05, 3.63) is 88.5 Å². The summed E-state index contributed by atoms with van der Waals surface area (Å²) in [6, 6.07) is 16.4. The molecule has 0 unspecified atom stereocenters. The van der Waals surface area contributed by atoms with E-state index in [1.54, 1.807) is 48.3 Å². The Kier molecular flexibility index (Phi) is 6.77. The van der Waals surface area contributed by atoms with Gasteiger partial charge < -0.3 is 24.9 Å². The maximum Gasteiger partial charge on any atom is 0.274 e. The molecule has 0 bridgehead atoms. The number of fused-ring (bicyclic) bond motifs is 1. The zero-order chi connectivity index (χ0) is 24.1. The van der Waals surface area contributed by atoms with Crippen LogP contribution in [0.4, 0.5) is 0 Å². The van der Waals surface area contributed by atoms with Gasteiger partial charge in [-0.1, -0.05) is 24.3 Å². The third-order valence-electron chi connectivity index (χ3n) is 5.47. The lowest BCUT2D eigenvalue weighted by molar-refractivity contribution is -0.122. The summed E-state index contributed by atoms with van der Waals surface area (Å²) in [5, 5.41) is 6.43. The fraction of sp³-hybridized carbons (Fsp3) is 0.192. The number of nitrogens with zero attached hydrogens (tertiary/aromatic N) is 1. The molecule has 0 spiro atoms. The van der Waals surface area contributed by atoms with Gasteiger partial charge in [-0.2, -0.15) is 0 Å². The van der Waals surface area contributed by atoms with Crippen LogP contribution in [0, 0.1) is 0 Å². The summed E-state index contributed by atoms with van der Waals surface area (Å²) in [6.45, 7) is 2.74. The first-order chi connectivity index (χ1) is 16.5. The Labute approximate surface area is 196 Å². The molecule has 8 nitrogen and oxygen atoms in total. The van der Waals surface area contributed by atoms with Crippen LogP contribution in [0.1, 0.15) is 22.8 Å². The van der Waals surface area contributed by atoms with Crippen LogP contribution in [-0.2, 0) is 18.4 Å². The fourth-order valence-corrected chi connectivity index (χ4v) is 3.69. The molecule has 0 saturated heterocycles. The maximum absolute atomic E-state index is 12.6. The quantitative estimate of drug-likeness (QED) is 0.378. The summed E-state index contributed by atoms with van der Waals surface area (Å²) in [5.41, 5.74) is 3.76. The standard InChI is InChI=1S/C26H26N4O4/c1-3-27-23(31)16-34-20-10-4-17(5-11-20)14-29-25(32)19-8-6-18(7-9-19)22-15-30(2)26(33)24-21(22)12-13-28-24/h4-13,15,28H,3,14,16H2,1-2H3,(H,27,31)(H,29,32). The number of aromatic amines is 1. The van der Waals surface area contributed by atoms with Crippen LogP contribution in [0.25, 0.3) is 22.0 Å². The number of ether oxygens (including phenoxy) is 1. The number of benzene rings is 2. The Balaban J connectivity index is 1.38. The molecule has 4 aromatic rings. The zero-order valence-corrected chi connectivity index (χ0v) is 19.1. The van der Waals surface area contributed by atoms with Gasteiger partial charge in [0.15, 0.2) is 6.61 Å². The summed E-state index contributed by atoms with van der Waals surface area (Å²) in [7, 11) is 1.72. The van der Waals surface area contributed by atoms with Crippen molar-refractivity contribution in [2.24, 2.45) is 7.05 Å². The van der Waals surface area contributed by atoms with Crippen LogP contribution < -0.4 is 20.9 Å². The molecule has 4 rings (SSSR count). The first-order valence-corrected chi connectivity index (χ1v) is 11.0. The monoisotopic (exact) mass is 458 g/mol. The van der Waals surface area contributed by atoms with E-state index in [0.717, 1.165) is 22.1 Å². The number of pyridine rings is 1. The molecule has 0 atom stereocenters. The summed E-state index contributed by atoms with van der Waals surface area (Å²) in [4.78, 5) is 39.3. The van der Waals surface area contributed by atoms with Crippen molar-refractivity contribution in [2.75, 3.05) is 13.2 Å². The first-order valence-electron chi connectivity index (χ1n) is 11.0. The largest absolute Gasteiger partial charge is 0.484 e. The third kappa shape index (κ3) is 5.01. The molecule has 8 heteroatoms. The number of carbonyl (C=O) groups is 2. The number of carbonyl (C=O) groups excluding carboxylic acids is 2. The van der Waals surface area contributed by atoms with Crippen molar-refractivity contribution in [2.45, 2.75) is 13.5 Å². The normalized spacial score (nSPS) is 10.8. The molecule has 0 fully saturated rings. The highest BCUT2D eigenvalue weighted by Gasteiger charge is 2.11. The van der Waals surface area contributed by atoms with E-state index in [1.807, 2.05) is 37.3 Å². The Morgan fingerprint density at radius 3 is 2.44 bits per heavy atom. The Bertz CT molecular complexity index is 1370. The minimum atomic E-state index is -0.185. The zero-order valence-electron chi connectivity index (χ0n) is 19.1. The van der Waals surface area contributed by atoms with Crippen LogP contribution in [0.2, 0.25) is 0 Å². The second-order valence-corrected chi connectivity index (χ2v) is 7.87. The average molecular weight is 459 g/mol. The minimum Gasteiger partial charge on any atom is -0.484 e. The maximum atomic E-state index is 12.6. The molecule has 0 aliphatic rings. The van der Waals surface area contributed by atoms with Crippen molar-refractivity contribution in [3.8, 4) is 16.9 Å². The van der Waals surface area contributed by atoms with E-state index in [9.17, 15) is 14.4 Å². The highest BCUT2D eigenvalue weighted by Crippen LogP contribution is 2.26. The van der Waals surface area contributed by atoms with Gasteiger partial charge in [0.25, 0.3) is 17.4 Å². The van der Waals surface area contributed by atoms with E-state index in [-0.39, 0.29) is 24.0 Å². The van der Waals surface area contributed by atoms with E-state index in [0.29, 0.717) is 29.9 Å². The molecule has 2 aromatic carbocycles. The summed E-state index contributed by atoms with van der Waals surface area (Å²) in [5.74, 6) is 0.237. The lowest BCUT2D eigenvalue weighted by Crippen LogP contribution is -2.28. The Morgan fingerprint density at radius 1 is 1.00 bits per heavy atom. The van der Waals surface area contributed by atoms with E-state index in [2.05, 4.69) is 15.6 Å². The lowest BCUT2D eigenvalue weighted by Gasteiger charge is -2.10. The van der Waals surface area contributed by atoms with Gasteiger partial charge in [0, 0.05) is 49.0 Å². The number of aryl methyl sites for hydroxylation is 1. The van der Waals surface area contributed by atoms with Crippen LogP contribution in [0.3, 0.4) is 0 Å². The molecular formula is C26H26N4O4. The lowest BCUT2D eigenvalue weighted by atomic mass is 10.0.